The molecule has 0 N–H and O–H groups in total. The van der Waals surface area contributed by atoms with Crippen LogP contribution in [0.15, 0.2) is 33.3 Å². The van der Waals surface area contributed by atoms with E-state index < -0.39 is 0 Å². The van der Waals surface area contributed by atoms with Gasteiger partial charge in [-0.15, -0.1) is 0 Å². The lowest BCUT2D eigenvalue weighted by Crippen LogP contribution is -2.36. The molecule has 3 heterocycles. The van der Waals surface area contributed by atoms with Crippen molar-refractivity contribution < 1.29 is 9.32 Å². The third-order valence-electron chi connectivity index (χ3n) is 5.21. The molecule has 0 atom stereocenters. The standard InChI is InChI=1S/C19H18BrN5O2/c1-24-15-8-9-25(19(26)12-4-6-13(20)7-5-12)10-14(15)16(22-24)18-21-17(23-27-18)11-2-3-11/h4-7,11H,2-3,8-10H2,1H3. The van der Waals surface area contributed by atoms with Gasteiger partial charge in [-0.2, -0.15) is 10.1 Å². The van der Waals surface area contributed by atoms with Crippen LogP contribution >= 0.6 is 15.9 Å². The third-order valence-corrected chi connectivity index (χ3v) is 5.74. The fourth-order valence-electron chi connectivity index (χ4n) is 3.55. The van der Waals surface area contributed by atoms with E-state index in [1.54, 1.807) is 0 Å². The fourth-order valence-corrected chi connectivity index (χ4v) is 3.82. The topological polar surface area (TPSA) is 77.1 Å². The first-order valence-electron chi connectivity index (χ1n) is 9.03. The fraction of sp³-hybridized carbons (Fsp3) is 0.368. The first kappa shape index (κ1) is 16.7. The highest BCUT2D eigenvalue weighted by molar-refractivity contribution is 9.10. The van der Waals surface area contributed by atoms with E-state index in [0.717, 1.165) is 40.8 Å². The molecule has 1 aliphatic heterocycles. The molecular formula is C19H18BrN5O2. The zero-order chi connectivity index (χ0) is 18.5. The van der Waals surface area contributed by atoms with Gasteiger partial charge in [0.05, 0.1) is 6.54 Å². The van der Waals surface area contributed by atoms with Crippen molar-refractivity contribution in [3.8, 4) is 11.6 Å². The molecule has 5 rings (SSSR count). The molecule has 1 aliphatic carbocycles. The van der Waals surface area contributed by atoms with Crippen LogP contribution in [0, 0.1) is 0 Å². The van der Waals surface area contributed by atoms with Crippen LogP contribution in [0.2, 0.25) is 0 Å². The number of carbonyl (C=O) groups excluding carboxylic acids is 1. The van der Waals surface area contributed by atoms with Crippen LogP contribution in [0.1, 0.15) is 46.2 Å². The van der Waals surface area contributed by atoms with Crippen LogP contribution < -0.4 is 0 Å². The van der Waals surface area contributed by atoms with Crippen molar-refractivity contribution in [2.24, 2.45) is 7.05 Å². The summed E-state index contributed by atoms with van der Waals surface area (Å²) in [6.07, 6.45) is 2.99. The Kier molecular flexibility index (Phi) is 3.89. The lowest BCUT2D eigenvalue weighted by Gasteiger charge is -2.27. The Balaban J connectivity index is 1.45. The van der Waals surface area contributed by atoms with Crippen molar-refractivity contribution in [1.29, 1.82) is 0 Å². The molecule has 0 saturated heterocycles. The number of hydrogen-bond acceptors (Lipinski definition) is 5. The predicted octanol–water partition coefficient (Wildman–Crippen LogP) is 3.31. The maximum absolute atomic E-state index is 12.9. The average Bonchev–Trinajstić information content (AvgIpc) is 3.33. The maximum atomic E-state index is 12.9. The van der Waals surface area contributed by atoms with E-state index >= 15 is 0 Å². The van der Waals surface area contributed by atoms with Gasteiger partial charge in [-0.1, -0.05) is 21.1 Å². The van der Waals surface area contributed by atoms with Gasteiger partial charge in [-0.3, -0.25) is 9.48 Å². The minimum absolute atomic E-state index is 0.0205. The first-order chi connectivity index (χ1) is 13.1. The van der Waals surface area contributed by atoms with Gasteiger partial charge in [0.15, 0.2) is 11.5 Å². The summed E-state index contributed by atoms with van der Waals surface area (Å²) in [6.45, 7) is 1.16. The summed E-state index contributed by atoms with van der Waals surface area (Å²) in [5.74, 6) is 1.67. The van der Waals surface area contributed by atoms with Crippen molar-refractivity contribution in [3.05, 3.63) is 51.4 Å². The van der Waals surface area contributed by atoms with Crippen molar-refractivity contribution in [1.82, 2.24) is 24.8 Å². The monoisotopic (exact) mass is 427 g/mol. The van der Waals surface area contributed by atoms with Gasteiger partial charge in [0.25, 0.3) is 11.8 Å². The molecule has 1 aromatic carbocycles. The molecule has 0 spiro atoms. The van der Waals surface area contributed by atoms with Gasteiger partial charge < -0.3 is 9.42 Å². The lowest BCUT2D eigenvalue weighted by atomic mass is 10.0. The van der Waals surface area contributed by atoms with Gasteiger partial charge >= 0.3 is 0 Å². The lowest BCUT2D eigenvalue weighted by molar-refractivity contribution is 0.0733. The first-order valence-corrected chi connectivity index (χ1v) is 9.83. The van der Waals surface area contributed by atoms with Crippen molar-refractivity contribution >= 4 is 21.8 Å². The summed E-state index contributed by atoms with van der Waals surface area (Å²) in [5.41, 5.74) is 3.50. The summed E-state index contributed by atoms with van der Waals surface area (Å²) in [7, 11) is 1.92. The smallest absolute Gasteiger partial charge is 0.278 e. The molecule has 1 fully saturated rings. The van der Waals surface area contributed by atoms with Crippen LogP contribution in [0.3, 0.4) is 0 Å². The molecule has 1 amide bonds. The molecule has 2 aromatic heterocycles. The molecule has 7 nitrogen and oxygen atoms in total. The molecule has 8 heteroatoms. The van der Waals surface area contributed by atoms with Crippen molar-refractivity contribution in [3.63, 3.8) is 0 Å². The summed E-state index contributed by atoms with van der Waals surface area (Å²) >= 11 is 3.41. The van der Waals surface area contributed by atoms with E-state index in [0.29, 0.717) is 36.2 Å². The number of halogens is 1. The van der Waals surface area contributed by atoms with Crippen LogP contribution in [-0.4, -0.2) is 37.3 Å². The number of carbonyl (C=O) groups is 1. The molecule has 27 heavy (non-hydrogen) atoms. The number of nitrogens with zero attached hydrogens (tertiary/aromatic N) is 5. The van der Waals surface area contributed by atoms with Crippen LogP contribution in [-0.2, 0) is 20.0 Å². The molecule has 3 aromatic rings. The highest BCUT2D eigenvalue weighted by Crippen LogP contribution is 2.39. The molecule has 2 aliphatic rings. The Labute approximate surface area is 164 Å². The Hall–Kier alpha value is -2.48. The van der Waals surface area contributed by atoms with Gasteiger partial charge in [-0.05, 0) is 37.1 Å². The van der Waals surface area contributed by atoms with Gasteiger partial charge in [0.2, 0.25) is 0 Å². The molecule has 1 saturated carbocycles. The van der Waals surface area contributed by atoms with E-state index in [4.69, 9.17) is 4.52 Å². The van der Waals surface area contributed by atoms with Crippen molar-refractivity contribution in [2.45, 2.75) is 31.7 Å². The SMILES string of the molecule is Cn1nc(-c2nc(C3CC3)no2)c2c1CCN(C(=O)c1ccc(Br)cc1)C2. The van der Waals surface area contributed by atoms with E-state index in [1.807, 2.05) is 40.9 Å². The summed E-state index contributed by atoms with van der Waals surface area (Å²) < 4.78 is 8.30. The molecule has 138 valence electrons. The third kappa shape index (κ3) is 2.97. The highest BCUT2D eigenvalue weighted by atomic mass is 79.9. The maximum Gasteiger partial charge on any atom is 0.278 e. The largest absolute Gasteiger partial charge is 0.334 e. The number of rotatable bonds is 3. The molecule has 0 bridgehead atoms. The van der Waals surface area contributed by atoms with E-state index in [1.165, 1.54) is 0 Å². The van der Waals surface area contributed by atoms with Gasteiger partial charge in [0, 0.05) is 47.2 Å². The predicted molar refractivity (Wildman–Crippen MR) is 101 cm³/mol. The number of aryl methyl sites for hydroxylation is 1. The number of fused-ring (bicyclic) bond motifs is 1. The molecular weight excluding hydrogens is 410 g/mol. The Bertz CT molecular complexity index is 1020. The van der Waals surface area contributed by atoms with Gasteiger partial charge in [-0.25, -0.2) is 0 Å². The normalized spacial score (nSPS) is 16.4. The number of benzene rings is 1. The summed E-state index contributed by atoms with van der Waals surface area (Å²) in [4.78, 5) is 19.3. The highest BCUT2D eigenvalue weighted by Gasteiger charge is 2.32. The number of amides is 1. The zero-order valence-corrected chi connectivity index (χ0v) is 16.4. The second-order valence-electron chi connectivity index (χ2n) is 7.11. The Morgan fingerprint density at radius 2 is 2.04 bits per heavy atom. The number of hydrogen-bond donors (Lipinski definition) is 0. The molecule has 0 unspecified atom stereocenters. The van der Waals surface area contributed by atoms with Gasteiger partial charge in [0.1, 0.15) is 0 Å². The van der Waals surface area contributed by atoms with Crippen LogP contribution in [0.5, 0.6) is 0 Å². The number of aromatic nitrogens is 4. The average molecular weight is 428 g/mol. The van der Waals surface area contributed by atoms with Crippen molar-refractivity contribution in [2.75, 3.05) is 6.54 Å². The van der Waals surface area contributed by atoms with Crippen LogP contribution in [0.25, 0.3) is 11.6 Å². The second-order valence-corrected chi connectivity index (χ2v) is 8.03. The molecule has 0 radical (unpaired) electrons. The van der Waals surface area contributed by atoms with E-state index in [-0.39, 0.29) is 5.91 Å². The van der Waals surface area contributed by atoms with E-state index in [9.17, 15) is 4.79 Å². The summed E-state index contributed by atoms with van der Waals surface area (Å²) in [5, 5.41) is 8.71. The van der Waals surface area contributed by atoms with E-state index in [2.05, 4.69) is 31.2 Å². The van der Waals surface area contributed by atoms with Crippen LogP contribution in [0.4, 0.5) is 0 Å². The Morgan fingerprint density at radius 3 is 2.78 bits per heavy atom. The Morgan fingerprint density at radius 1 is 1.26 bits per heavy atom. The quantitative estimate of drug-likeness (QED) is 0.640. The zero-order valence-electron chi connectivity index (χ0n) is 14.9. The second kappa shape index (κ2) is 6.30. The summed E-state index contributed by atoms with van der Waals surface area (Å²) in [6, 6.07) is 7.45. The minimum Gasteiger partial charge on any atom is -0.334 e. The minimum atomic E-state index is 0.0205.